The number of H-pyrrole nitrogens is 1. The number of aryl methyl sites for hydroxylation is 1. The van der Waals surface area contributed by atoms with Crippen LogP contribution in [0.2, 0.25) is 0 Å². The summed E-state index contributed by atoms with van der Waals surface area (Å²) in [6.07, 6.45) is 1.60. The van der Waals surface area contributed by atoms with E-state index in [2.05, 4.69) is 4.98 Å². The second-order valence-corrected chi connectivity index (χ2v) is 6.38. The fourth-order valence-electron chi connectivity index (χ4n) is 2.79. The lowest BCUT2D eigenvalue weighted by Gasteiger charge is -2.24. The van der Waals surface area contributed by atoms with E-state index in [0.29, 0.717) is 25.4 Å². The van der Waals surface area contributed by atoms with Crippen molar-refractivity contribution in [3.8, 4) is 0 Å². The average molecular weight is 346 g/mol. The van der Waals surface area contributed by atoms with Crippen LogP contribution in [-0.4, -0.2) is 28.4 Å². The molecule has 1 amide bonds. The van der Waals surface area contributed by atoms with Crippen molar-refractivity contribution < 1.29 is 18.7 Å². The maximum absolute atomic E-state index is 12.6. The third-order valence-corrected chi connectivity index (χ3v) is 4.15. The summed E-state index contributed by atoms with van der Waals surface area (Å²) >= 11 is 0. The summed E-state index contributed by atoms with van der Waals surface area (Å²) in [6.45, 7) is 10.4. The van der Waals surface area contributed by atoms with E-state index in [0.717, 1.165) is 22.6 Å². The monoisotopic (exact) mass is 346 g/mol. The van der Waals surface area contributed by atoms with Crippen LogP contribution in [-0.2, 0) is 22.6 Å². The maximum Gasteiger partial charge on any atom is 0.355 e. The van der Waals surface area contributed by atoms with Crippen LogP contribution in [0.1, 0.15) is 53.8 Å². The van der Waals surface area contributed by atoms with Gasteiger partial charge in [0.05, 0.1) is 19.4 Å². The standard InChI is InChI=1S/C19H26N2O4/c1-6-24-19(23)17-13(4)16(14(5)20-17)11-21(18(22)12(2)3)10-15-8-7-9-25-15/h7-9,12,20H,6,10-11H2,1-5H3. The highest BCUT2D eigenvalue weighted by Gasteiger charge is 2.24. The lowest BCUT2D eigenvalue weighted by atomic mass is 10.1. The number of aromatic nitrogens is 1. The second-order valence-electron chi connectivity index (χ2n) is 6.38. The highest BCUT2D eigenvalue weighted by atomic mass is 16.5. The normalized spacial score (nSPS) is 11.0. The number of esters is 1. The Hall–Kier alpha value is -2.50. The van der Waals surface area contributed by atoms with Gasteiger partial charge in [-0.1, -0.05) is 13.8 Å². The Labute approximate surface area is 148 Å². The molecule has 2 heterocycles. The largest absolute Gasteiger partial charge is 0.467 e. The van der Waals surface area contributed by atoms with E-state index in [1.807, 2.05) is 33.8 Å². The fourth-order valence-corrected chi connectivity index (χ4v) is 2.79. The number of rotatable bonds is 7. The molecule has 2 aromatic heterocycles. The third kappa shape index (κ3) is 4.32. The molecule has 0 aliphatic rings. The minimum atomic E-state index is -0.373. The molecule has 0 aliphatic heterocycles. The number of hydrogen-bond acceptors (Lipinski definition) is 4. The van der Waals surface area contributed by atoms with Gasteiger partial charge in [0.15, 0.2) is 0 Å². The number of carbonyl (C=O) groups excluding carboxylic acids is 2. The minimum Gasteiger partial charge on any atom is -0.467 e. The van der Waals surface area contributed by atoms with Crippen LogP contribution in [0.15, 0.2) is 22.8 Å². The molecule has 2 aromatic rings. The molecule has 0 saturated heterocycles. The Bertz CT molecular complexity index is 729. The highest BCUT2D eigenvalue weighted by molar-refractivity contribution is 5.90. The zero-order valence-corrected chi connectivity index (χ0v) is 15.5. The van der Waals surface area contributed by atoms with Crippen LogP contribution in [0.4, 0.5) is 0 Å². The molecule has 6 nitrogen and oxygen atoms in total. The van der Waals surface area contributed by atoms with Crippen molar-refractivity contribution in [2.45, 2.75) is 47.7 Å². The first-order valence-corrected chi connectivity index (χ1v) is 8.51. The van der Waals surface area contributed by atoms with E-state index in [1.165, 1.54) is 0 Å². The summed E-state index contributed by atoms with van der Waals surface area (Å²) < 4.78 is 10.5. The van der Waals surface area contributed by atoms with Gasteiger partial charge in [0.1, 0.15) is 11.5 Å². The van der Waals surface area contributed by atoms with Gasteiger partial charge in [0, 0.05) is 18.2 Å². The molecule has 0 atom stereocenters. The van der Waals surface area contributed by atoms with Crippen LogP contribution in [0, 0.1) is 19.8 Å². The summed E-state index contributed by atoms with van der Waals surface area (Å²) in [5.74, 6) is 0.265. The quantitative estimate of drug-likeness (QED) is 0.778. The van der Waals surface area contributed by atoms with Crippen LogP contribution in [0.3, 0.4) is 0 Å². The summed E-state index contributed by atoms with van der Waals surface area (Å²) in [6, 6.07) is 3.65. The van der Waals surface area contributed by atoms with Crippen molar-refractivity contribution in [3.63, 3.8) is 0 Å². The molecule has 0 bridgehead atoms. The Kier molecular flexibility index (Phi) is 6.07. The van der Waals surface area contributed by atoms with Gasteiger partial charge in [-0.25, -0.2) is 4.79 Å². The van der Waals surface area contributed by atoms with Crippen molar-refractivity contribution in [1.29, 1.82) is 0 Å². The van der Waals surface area contributed by atoms with E-state index in [1.54, 1.807) is 24.2 Å². The molecule has 0 saturated carbocycles. The molecule has 0 aliphatic carbocycles. The summed E-state index contributed by atoms with van der Waals surface area (Å²) in [5, 5.41) is 0. The summed E-state index contributed by atoms with van der Waals surface area (Å²) in [7, 11) is 0. The number of amides is 1. The number of ether oxygens (including phenoxy) is 1. The molecule has 0 unspecified atom stereocenters. The van der Waals surface area contributed by atoms with Crippen LogP contribution in [0.25, 0.3) is 0 Å². The predicted octanol–water partition coefficient (Wildman–Crippen LogP) is 3.59. The second kappa shape index (κ2) is 8.05. The molecule has 25 heavy (non-hydrogen) atoms. The van der Waals surface area contributed by atoms with Gasteiger partial charge in [-0.3, -0.25) is 4.79 Å². The Morgan fingerprint density at radius 3 is 2.56 bits per heavy atom. The molecule has 0 aromatic carbocycles. The average Bonchev–Trinajstić information content (AvgIpc) is 3.16. The summed E-state index contributed by atoms with van der Waals surface area (Å²) in [5.41, 5.74) is 3.06. The molecule has 2 rings (SSSR count). The first-order valence-electron chi connectivity index (χ1n) is 8.51. The van der Waals surface area contributed by atoms with Gasteiger partial charge < -0.3 is 19.0 Å². The SMILES string of the molecule is CCOC(=O)c1[nH]c(C)c(CN(Cc2ccco2)C(=O)C(C)C)c1C. The van der Waals surface area contributed by atoms with Crippen LogP contribution >= 0.6 is 0 Å². The first-order chi connectivity index (χ1) is 11.8. The molecular formula is C19H26N2O4. The molecule has 6 heteroatoms. The number of carbonyl (C=O) groups is 2. The van der Waals surface area contributed by atoms with Gasteiger partial charge in [0.25, 0.3) is 0 Å². The third-order valence-electron chi connectivity index (χ3n) is 4.15. The molecule has 1 N–H and O–H groups in total. The number of aromatic amines is 1. The molecule has 136 valence electrons. The summed E-state index contributed by atoms with van der Waals surface area (Å²) in [4.78, 5) is 29.5. The molecule has 0 radical (unpaired) electrons. The number of nitrogens with zero attached hydrogens (tertiary/aromatic N) is 1. The Morgan fingerprint density at radius 1 is 1.28 bits per heavy atom. The lowest BCUT2D eigenvalue weighted by Crippen LogP contribution is -2.33. The Morgan fingerprint density at radius 2 is 2.00 bits per heavy atom. The maximum atomic E-state index is 12.6. The van der Waals surface area contributed by atoms with Crippen molar-refractivity contribution in [1.82, 2.24) is 9.88 Å². The van der Waals surface area contributed by atoms with Crippen molar-refractivity contribution >= 4 is 11.9 Å². The number of hydrogen-bond donors (Lipinski definition) is 1. The van der Waals surface area contributed by atoms with E-state index >= 15 is 0 Å². The molecule has 0 spiro atoms. The molecular weight excluding hydrogens is 320 g/mol. The van der Waals surface area contributed by atoms with Gasteiger partial charge >= 0.3 is 5.97 Å². The van der Waals surface area contributed by atoms with Crippen LogP contribution in [0.5, 0.6) is 0 Å². The van der Waals surface area contributed by atoms with E-state index in [-0.39, 0.29) is 17.8 Å². The van der Waals surface area contributed by atoms with Crippen molar-refractivity contribution in [2.24, 2.45) is 5.92 Å². The van der Waals surface area contributed by atoms with E-state index < -0.39 is 0 Å². The van der Waals surface area contributed by atoms with Gasteiger partial charge in [0.2, 0.25) is 5.91 Å². The smallest absolute Gasteiger partial charge is 0.355 e. The number of furan rings is 1. The van der Waals surface area contributed by atoms with Gasteiger partial charge in [-0.05, 0) is 44.0 Å². The van der Waals surface area contributed by atoms with E-state index in [4.69, 9.17) is 9.15 Å². The lowest BCUT2D eigenvalue weighted by molar-refractivity contribution is -0.136. The first kappa shape index (κ1) is 18.8. The van der Waals surface area contributed by atoms with Gasteiger partial charge in [-0.2, -0.15) is 0 Å². The fraction of sp³-hybridized carbons (Fsp3) is 0.474. The predicted molar refractivity (Wildman–Crippen MR) is 94.0 cm³/mol. The zero-order valence-electron chi connectivity index (χ0n) is 15.5. The topological polar surface area (TPSA) is 75.5 Å². The zero-order chi connectivity index (χ0) is 18.6. The Balaban J connectivity index is 2.29. The number of nitrogens with one attached hydrogen (secondary N) is 1. The van der Waals surface area contributed by atoms with Gasteiger partial charge in [-0.15, -0.1) is 0 Å². The van der Waals surface area contributed by atoms with Crippen molar-refractivity contribution in [2.75, 3.05) is 6.61 Å². The van der Waals surface area contributed by atoms with E-state index in [9.17, 15) is 9.59 Å². The highest BCUT2D eigenvalue weighted by Crippen LogP contribution is 2.22. The minimum absolute atomic E-state index is 0.0362. The van der Waals surface area contributed by atoms with Crippen LogP contribution < -0.4 is 0 Å². The molecule has 0 fully saturated rings. The van der Waals surface area contributed by atoms with Crippen molar-refractivity contribution in [3.05, 3.63) is 46.7 Å².